The summed E-state index contributed by atoms with van der Waals surface area (Å²) in [6, 6.07) is 12.0. The second kappa shape index (κ2) is 8.23. The van der Waals surface area contributed by atoms with Gasteiger partial charge in [-0.1, -0.05) is 37.3 Å². The number of rotatable bonds is 5. The number of carbonyl (C=O) groups is 1. The minimum atomic E-state index is -0.281. The predicted octanol–water partition coefficient (Wildman–Crippen LogP) is 2.48. The van der Waals surface area contributed by atoms with Crippen LogP contribution in [-0.4, -0.2) is 30.4 Å². The molecule has 2 rings (SSSR count). The lowest BCUT2D eigenvalue weighted by Crippen LogP contribution is -2.32. The highest BCUT2D eigenvalue weighted by Crippen LogP contribution is 2.16. The third-order valence-electron chi connectivity index (χ3n) is 3.91. The van der Waals surface area contributed by atoms with E-state index in [0.717, 1.165) is 25.9 Å². The van der Waals surface area contributed by atoms with Crippen molar-refractivity contribution < 1.29 is 4.79 Å². The molecule has 0 bridgehead atoms. The lowest BCUT2D eigenvalue weighted by Gasteiger charge is -2.29. The Labute approximate surface area is 132 Å². The Hall–Kier alpha value is -2.28. The van der Waals surface area contributed by atoms with Gasteiger partial charge in [0.25, 0.3) is 5.91 Å². The summed E-state index contributed by atoms with van der Waals surface area (Å²) < 4.78 is 0. The first-order valence-corrected chi connectivity index (χ1v) is 7.87. The largest absolute Gasteiger partial charge is 0.376 e. The summed E-state index contributed by atoms with van der Waals surface area (Å²) in [5, 5.41) is 12.0. The first-order chi connectivity index (χ1) is 10.7. The molecule has 1 saturated heterocycles. The molecule has 1 N–H and O–H groups in total. The number of carbonyl (C=O) groups excluding carboxylic acids is 1. The van der Waals surface area contributed by atoms with Gasteiger partial charge in [-0.2, -0.15) is 5.26 Å². The number of nitrogens with zero attached hydrogens (tertiary/aromatic N) is 2. The van der Waals surface area contributed by atoms with E-state index in [4.69, 9.17) is 0 Å². The number of hydrogen-bond donors (Lipinski definition) is 1. The molecule has 0 radical (unpaired) electrons. The van der Waals surface area contributed by atoms with Crippen molar-refractivity contribution >= 4 is 5.91 Å². The van der Waals surface area contributed by atoms with Gasteiger partial charge in [0.15, 0.2) is 0 Å². The first kappa shape index (κ1) is 16.1. The summed E-state index contributed by atoms with van der Waals surface area (Å²) in [5.74, 6) is 0.336. The summed E-state index contributed by atoms with van der Waals surface area (Å²) in [7, 11) is 0. The molecular weight excluding hydrogens is 274 g/mol. The number of amides is 1. The van der Waals surface area contributed by atoms with Crippen molar-refractivity contribution in [2.45, 2.75) is 26.2 Å². The first-order valence-electron chi connectivity index (χ1n) is 7.87. The summed E-state index contributed by atoms with van der Waals surface area (Å²) in [5.41, 5.74) is 1.37. The van der Waals surface area contributed by atoms with Gasteiger partial charge in [-0.15, -0.1) is 0 Å². The van der Waals surface area contributed by atoms with Crippen LogP contribution in [0, 0.1) is 17.2 Å². The zero-order chi connectivity index (χ0) is 15.8. The summed E-state index contributed by atoms with van der Waals surface area (Å²) >= 11 is 0. The van der Waals surface area contributed by atoms with E-state index in [9.17, 15) is 10.1 Å². The molecule has 1 heterocycles. The number of nitrogens with one attached hydrogen (secondary N) is 1. The van der Waals surface area contributed by atoms with Crippen LogP contribution in [0.1, 0.15) is 25.3 Å². The van der Waals surface area contributed by atoms with Crippen LogP contribution in [0.25, 0.3) is 0 Å². The number of likely N-dealkylation sites (tertiary alicyclic amines) is 1. The third-order valence-corrected chi connectivity index (χ3v) is 3.91. The van der Waals surface area contributed by atoms with Gasteiger partial charge in [0.2, 0.25) is 0 Å². The Balaban J connectivity index is 1.85. The zero-order valence-electron chi connectivity index (χ0n) is 13.1. The maximum absolute atomic E-state index is 12.1. The Morgan fingerprint density at radius 2 is 2.23 bits per heavy atom. The Morgan fingerprint density at radius 1 is 1.45 bits per heavy atom. The van der Waals surface area contributed by atoms with Gasteiger partial charge < -0.3 is 10.2 Å². The van der Waals surface area contributed by atoms with E-state index in [1.165, 1.54) is 12.0 Å². The molecule has 1 fully saturated rings. The van der Waals surface area contributed by atoms with Crippen LogP contribution in [0.15, 0.2) is 42.1 Å². The van der Waals surface area contributed by atoms with Gasteiger partial charge in [0.1, 0.15) is 11.6 Å². The number of hydrogen-bond acceptors (Lipinski definition) is 3. The topological polar surface area (TPSA) is 56.1 Å². The normalized spacial score (nSPS) is 18.6. The molecule has 1 atom stereocenters. The molecular formula is C18H23N3O. The van der Waals surface area contributed by atoms with E-state index in [-0.39, 0.29) is 11.5 Å². The van der Waals surface area contributed by atoms with Crippen molar-refractivity contribution in [3.05, 3.63) is 47.7 Å². The van der Waals surface area contributed by atoms with Crippen LogP contribution < -0.4 is 5.32 Å². The predicted molar refractivity (Wildman–Crippen MR) is 86.8 cm³/mol. The highest BCUT2D eigenvalue weighted by Gasteiger charge is 2.16. The molecule has 4 nitrogen and oxygen atoms in total. The maximum Gasteiger partial charge on any atom is 0.263 e. The number of benzene rings is 1. The quantitative estimate of drug-likeness (QED) is 0.671. The van der Waals surface area contributed by atoms with Crippen molar-refractivity contribution in [3.63, 3.8) is 0 Å². The average Bonchev–Trinajstić information content (AvgIpc) is 2.53. The smallest absolute Gasteiger partial charge is 0.263 e. The minimum absolute atomic E-state index is 0.196. The van der Waals surface area contributed by atoms with E-state index in [0.29, 0.717) is 12.5 Å². The Bertz CT molecular complexity index is 559. The van der Waals surface area contributed by atoms with Crippen LogP contribution in [0.4, 0.5) is 0 Å². The van der Waals surface area contributed by atoms with E-state index in [2.05, 4.69) is 17.1 Å². The Kier molecular flexibility index (Phi) is 6.02. The number of nitriles is 1. The van der Waals surface area contributed by atoms with Gasteiger partial charge in [0, 0.05) is 25.8 Å². The van der Waals surface area contributed by atoms with Crippen molar-refractivity contribution in [1.82, 2.24) is 10.2 Å². The molecule has 4 heteroatoms. The second-order valence-electron chi connectivity index (χ2n) is 5.89. The van der Waals surface area contributed by atoms with Crippen LogP contribution >= 0.6 is 0 Å². The summed E-state index contributed by atoms with van der Waals surface area (Å²) in [6.45, 7) is 4.58. The van der Waals surface area contributed by atoms with Gasteiger partial charge in [-0.25, -0.2) is 0 Å². The fraction of sp³-hybridized carbons (Fsp3) is 0.444. The van der Waals surface area contributed by atoms with Gasteiger partial charge in [0.05, 0.1) is 0 Å². The van der Waals surface area contributed by atoms with Crippen molar-refractivity contribution in [2.75, 3.05) is 19.6 Å². The molecule has 0 saturated carbocycles. The molecule has 0 spiro atoms. The van der Waals surface area contributed by atoms with E-state index in [1.807, 2.05) is 36.4 Å². The van der Waals surface area contributed by atoms with Gasteiger partial charge in [-0.3, -0.25) is 4.79 Å². The molecule has 0 aliphatic carbocycles. The van der Waals surface area contributed by atoms with Crippen molar-refractivity contribution in [2.24, 2.45) is 5.92 Å². The fourth-order valence-electron chi connectivity index (χ4n) is 2.72. The van der Waals surface area contributed by atoms with E-state index >= 15 is 0 Å². The van der Waals surface area contributed by atoms with Gasteiger partial charge >= 0.3 is 0 Å². The highest BCUT2D eigenvalue weighted by molar-refractivity contribution is 5.97. The second-order valence-corrected chi connectivity index (χ2v) is 5.89. The minimum Gasteiger partial charge on any atom is -0.376 e. The Morgan fingerprint density at radius 3 is 2.91 bits per heavy atom. The number of piperidine rings is 1. The van der Waals surface area contributed by atoms with Crippen molar-refractivity contribution in [1.29, 1.82) is 5.26 Å². The highest BCUT2D eigenvalue weighted by atomic mass is 16.1. The molecule has 0 aromatic heterocycles. The fourth-order valence-corrected chi connectivity index (χ4v) is 2.72. The van der Waals surface area contributed by atoms with Crippen LogP contribution in [-0.2, 0) is 11.2 Å². The van der Waals surface area contributed by atoms with E-state index < -0.39 is 0 Å². The standard InChI is InChI=1S/C18H23N3O/c1-15-6-5-11-21(13-15)14-17(12-19)18(22)20-10-9-16-7-3-2-4-8-16/h2-4,7-8,14-15H,5-6,9-11,13H2,1H3,(H,20,22)/b17-14-. The molecule has 116 valence electrons. The summed E-state index contributed by atoms with van der Waals surface area (Å²) in [6.07, 6.45) is 4.82. The monoisotopic (exact) mass is 297 g/mol. The maximum atomic E-state index is 12.1. The molecule has 22 heavy (non-hydrogen) atoms. The van der Waals surface area contributed by atoms with Crippen LogP contribution in [0.5, 0.6) is 0 Å². The molecule has 1 aromatic carbocycles. The summed E-state index contributed by atoms with van der Waals surface area (Å²) in [4.78, 5) is 14.2. The van der Waals surface area contributed by atoms with Crippen molar-refractivity contribution in [3.8, 4) is 6.07 Å². The molecule has 1 aliphatic heterocycles. The zero-order valence-corrected chi connectivity index (χ0v) is 13.1. The lowest BCUT2D eigenvalue weighted by molar-refractivity contribution is -0.117. The molecule has 1 unspecified atom stereocenters. The molecule has 1 amide bonds. The molecule has 1 aliphatic rings. The van der Waals surface area contributed by atoms with Gasteiger partial charge in [-0.05, 0) is 30.7 Å². The van der Waals surface area contributed by atoms with E-state index in [1.54, 1.807) is 6.20 Å². The molecule has 1 aromatic rings. The van der Waals surface area contributed by atoms with Crippen LogP contribution in [0.2, 0.25) is 0 Å². The lowest BCUT2D eigenvalue weighted by atomic mass is 10.0. The van der Waals surface area contributed by atoms with Crippen LogP contribution in [0.3, 0.4) is 0 Å². The average molecular weight is 297 g/mol. The SMILES string of the molecule is CC1CCCN(/C=C(/C#N)C(=O)NCCc2ccccc2)C1. The third kappa shape index (κ3) is 4.92.